The molecule has 0 aliphatic heterocycles. The molecule has 0 aliphatic carbocycles. The molecule has 0 unspecified atom stereocenters. The van der Waals surface area contributed by atoms with Crippen molar-refractivity contribution < 1.29 is 32.6 Å². The molecule has 33 heavy (non-hydrogen) atoms. The van der Waals surface area contributed by atoms with E-state index < -0.39 is 12.1 Å². The first-order chi connectivity index (χ1) is 15.7. The summed E-state index contributed by atoms with van der Waals surface area (Å²) in [6.45, 7) is 3.68. The topological polar surface area (TPSA) is 121 Å². The third-order valence-electron chi connectivity index (χ3n) is 4.12. The van der Waals surface area contributed by atoms with E-state index >= 15 is 0 Å². The summed E-state index contributed by atoms with van der Waals surface area (Å²) in [5, 5.41) is 23.3. The number of carboxylic acids is 1. The maximum atomic E-state index is 10.6. The molecule has 12 heteroatoms. The molecule has 3 aromatic heterocycles. The Morgan fingerprint density at radius 3 is 2.61 bits per heavy atom. The van der Waals surface area contributed by atoms with Gasteiger partial charge in [0.05, 0.1) is 21.6 Å². The van der Waals surface area contributed by atoms with Crippen LogP contribution < -0.4 is 10.6 Å². The smallest absolute Gasteiger partial charge is 0.490 e. The van der Waals surface area contributed by atoms with Crippen LogP contribution in [-0.2, 0) is 11.3 Å². The summed E-state index contributed by atoms with van der Waals surface area (Å²) < 4.78 is 38.6. The Morgan fingerprint density at radius 2 is 1.94 bits per heavy atom. The molecule has 0 atom stereocenters. The number of fused-ring (bicyclic) bond motifs is 1. The molecule has 0 bridgehead atoms. The number of rotatable bonds is 6. The van der Waals surface area contributed by atoms with Crippen molar-refractivity contribution in [2.24, 2.45) is 0 Å². The fourth-order valence-corrected chi connectivity index (χ4v) is 3.66. The molecule has 0 aliphatic rings. The van der Waals surface area contributed by atoms with E-state index in [1.54, 1.807) is 29.5 Å². The molecule has 4 rings (SSSR count). The number of anilines is 2. The van der Waals surface area contributed by atoms with E-state index in [9.17, 15) is 18.3 Å². The van der Waals surface area contributed by atoms with Gasteiger partial charge in [0.2, 0.25) is 0 Å². The van der Waals surface area contributed by atoms with Gasteiger partial charge in [-0.3, -0.25) is 0 Å². The molecule has 174 valence electrons. The van der Waals surface area contributed by atoms with Gasteiger partial charge in [0, 0.05) is 11.8 Å². The molecule has 0 spiro atoms. The average molecular weight is 480 g/mol. The first-order valence-corrected chi connectivity index (χ1v) is 10.4. The van der Waals surface area contributed by atoms with Crippen molar-refractivity contribution >= 4 is 39.0 Å². The average Bonchev–Trinajstić information content (AvgIpc) is 3.39. The largest absolute Gasteiger partial charge is 0.508 e. The number of hydrogen-bond donors (Lipinski definition) is 4. The summed E-state index contributed by atoms with van der Waals surface area (Å²) >= 11 is 1.57. The second-order valence-corrected chi connectivity index (χ2v) is 7.62. The van der Waals surface area contributed by atoms with E-state index in [2.05, 4.69) is 27.5 Å². The van der Waals surface area contributed by atoms with Gasteiger partial charge in [0.1, 0.15) is 23.6 Å². The highest BCUT2D eigenvalue weighted by atomic mass is 32.1. The van der Waals surface area contributed by atoms with E-state index in [0.29, 0.717) is 12.4 Å². The fourth-order valence-electron chi connectivity index (χ4n) is 2.64. The second kappa shape index (κ2) is 10.3. The van der Waals surface area contributed by atoms with Gasteiger partial charge in [0.15, 0.2) is 5.82 Å². The molecule has 8 nitrogen and oxygen atoms in total. The van der Waals surface area contributed by atoms with E-state index in [0.717, 1.165) is 38.8 Å². The Kier molecular flexibility index (Phi) is 7.51. The molecule has 4 aromatic rings. The molecule has 0 radical (unpaired) electrons. The highest BCUT2D eigenvalue weighted by Gasteiger charge is 2.38. The predicted molar refractivity (Wildman–Crippen MR) is 118 cm³/mol. The molecule has 0 saturated heterocycles. The Morgan fingerprint density at radius 1 is 1.18 bits per heavy atom. The van der Waals surface area contributed by atoms with Gasteiger partial charge in [-0.25, -0.2) is 14.8 Å². The number of benzene rings is 1. The third kappa shape index (κ3) is 6.43. The van der Waals surface area contributed by atoms with Crippen molar-refractivity contribution in [2.75, 3.05) is 11.9 Å². The van der Waals surface area contributed by atoms with Crippen molar-refractivity contribution in [1.82, 2.24) is 15.3 Å². The summed E-state index contributed by atoms with van der Waals surface area (Å²) in [7, 11) is 0. The van der Waals surface area contributed by atoms with Crippen LogP contribution in [-0.4, -0.2) is 38.9 Å². The molecule has 0 saturated carbocycles. The molecule has 0 fully saturated rings. The van der Waals surface area contributed by atoms with Crippen molar-refractivity contribution in [3.8, 4) is 16.4 Å². The number of furan rings is 1. The number of nitrogens with zero attached hydrogens (tertiary/aromatic N) is 2. The number of alkyl halides is 3. The van der Waals surface area contributed by atoms with E-state index in [-0.39, 0.29) is 5.75 Å². The monoisotopic (exact) mass is 480 g/mol. The highest BCUT2D eigenvalue weighted by molar-refractivity contribution is 7.22. The number of aromatic nitrogens is 2. The Labute approximate surface area is 189 Å². The Hall–Kier alpha value is -3.64. The third-order valence-corrected chi connectivity index (χ3v) is 5.26. The quantitative estimate of drug-likeness (QED) is 0.299. The van der Waals surface area contributed by atoms with Crippen LogP contribution in [0.25, 0.3) is 20.9 Å². The Balaban J connectivity index is 0.000000383. The minimum Gasteiger partial charge on any atom is -0.508 e. The minimum atomic E-state index is -5.08. The highest BCUT2D eigenvalue weighted by Crippen LogP contribution is 2.37. The zero-order valence-electron chi connectivity index (χ0n) is 17.2. The van der Waals surface area contributed by atoms with Gasteiger partial charge in [0.25, 0.3) is 0 Å². The maximum absolute atomic E-state index is 10.6. The zero-order valence-corrected chi connectivity index (χ0v) is 18.0. The number of phenolic OH excluding ortho intramolecular Hbond substituents is 1. The van der Waals surface area contributed by atoms with Crippen molar-refractivity contribution in [3.63, 3.8) is 0 Å². The number of aromatic hydroxyl groups is 1. The van der Waals surface area contributed by atoms with Gasteiger partial charge in [-0.2, -0.15) is 13.2 Å². The lowest BCUT2D eigenvalue weighted by atomic mass is 10.3. The lowest BCUT2D eigenvalue weighted by Gasteiger charge is -2.06. The van der Waals surface area contributed by atoms with Crippen molar-refractivity contribution in [3.05, 3.63) is 54.6 Å². The molecular weight excluding hydrogens is 461 g/mol. The molecule has 4 N–H and O–H groups in total. The zero-order chi connectivity index (χ0) is 24.0. The van der Waals surface area contributed by atoms with Gasteiger partial charge in [-0.1, -0.05) is 13.0 Å². The minimum absolute atomic E-state index is 0.205. The molecule has 3 heterocycles. The second-order valence-electron chi connectivity index (χ2n) is 6.57. The van der Waals surface area contributed by atoms with Gasteiger partial charge < -0.3 is 25.3 Å². The summed E-state index contributed by atoms with van der Waals surface area (Å²) in [6, 6.07) is 12.9. The molecule has 0 amide bonds. The van der Waals surface area contributed by atoms with Crippen LogP contribution in [0.4, 0.5) is 24.7 Å². The first-order valence-electron chi connectivity index (χ1n) is 9.58. The number of carbonyl (C=O) groups is 1. The summed E-state index contributed by atoms with van der Waals surface area (Å²) in [4.78, 5) is 18.6. The standard InChI is InChI=1S/C19H18N4O2S.C2HF3O2/c1-2-20-10-14-6-7-16(25-14)17-9-15-18(26-17)19(22-11-21-15)23-12-4-3-5-13(24)8-12;3-2(4,5)1(6)7/h3-9,11,20,24H,2,10H2,1H3,(H,21,22,23);(H,6,7). The fraction of sp³-hybridized carbons (Fsp3) is 0.190. The summed E-state index contributed by atoms with van der Waals surface area (Å²) in [5.41, 5.74) is 1.62. The van der Waals surface area contributed by atoms with Gasteiger partial charge in [-0.05, 0) is 36.9 Å². The SMILES string of the molecule is CCNCc1ccc(-c2cc3ncnc(Nc4cccc(O)c4)c3s2)o1.O=C(O)C(F)(F)F. The van der Waals surface area contributed by atoms with Crippen LogP contribution in [0, 0.1) is 0 Å². The van der Waals surface area contributed by atoms with Crippen LogP contribution in [0.1, 0.15) is 12.7 Å². The number of thiophene rings is 1. The van der Waals surface area contributed by atoms with Crippen LogP contribution in [0.15, 0.2) is 53.2 Å². The van der Waals surface area contributed by atoms with Crippen LogP contribution in [0.3, 0.4) is 0 Å². The van der Waals surface area contributed by atoms with Crippen LogP contribution in [0.2, 0.25) is 0 Å². The number of nitrogens with one attached hydrogen (secondary N) is 2. The number of halogens is 3. The number of carboxylic acid groups (broad SMARTS) is 1. The van der Waals surface area contributed by atoms with Crippen molar-refractivity contribution in [2.45, 2.75) is 19.6 Å². The lowest BCUT2D eigenvalue weighted by Crippen LogP contribution is -2.21. The van der Waals surface area contributed by atoms with Gasteiger partial charge in [-0.15, -0.1) is 11.3 Å². The first kappa shape index (κ1) is 24.0. The van der Waals surface area contributed by atoms with Crippen LogP contribution >= 0.6 is 11.3 Å². The van der Waals surface area contributed by atoms with Crippen molar-refractivity contribution in [1.29, 1.82) is 0 Å². The van der Waals surface area contributed by atoms with E-state index in [4.69, 9.17) is 14.3 Å². The van der Waals surface area contributed by atoms with E-state index in [1.807, 2.05) is 24.3 Å². The normalized spacial score (nSPS) is 11.2. The van der Waals surface area contributed by atoms with Crippen LogP contribution in [0.5, 0.6) is 5.75 Å². The molecular formula is C21H19F3N4O4S. The number of phenols is 1. The predicted octanol–water partition coefficient (Wildman–Crippen LogP) is 5.14. The number of hydrogen-bond acceptors (Lipinski definition) is 8. The van der Waals surface area contributed by atoms with Gasteiger partial charge >= 0.3 is 12.1 Å². The lowest BCUT2D eigenvalue weighted by molar-refractivity contribution is -0.192. The molecule has 1 aromatic carbocycles. The Bertz CT molecular complexity index is 1240. The maximum Gasteiger partial charge on any atom is 0.490 e. The summed E-state index contributed by atoms with van der Waals surface area (Å²) in [6.07, 6.45) is -3.55. The number of aliphatic carboxylic acids is 1. The summed E-state index contributed by atoms with van der Waals surface area (Å²) in [5.74, 6) is -0.118. The van der Waals surface area contributed by atoms with E-state index in [1.165, 1.54) is 6.33 Å².